The molecule has 0 saturated heterocycles. The lowest BCUT2D eigenvalue weighted by Crippen LogP contribution is -2.36. The Balaban J connectivity index is 1.85. The van der Waals surface area contributed by atoms with Crippen molar-refractivity contribution >= 4 is 38.7 Å². The van der Waals surface area contributed by atoms with Gasteiger partial charge in [-0.15, -0.1) is 11.3 Å². The first kappa shape index (κ1) is 18.4. The Morgan fingerprint density at radius 1 is 1.16 bits per heavy atom. The standard InChI is InChI=1S/C18H20ClNO3S2/c1-12-16(25(22,23)15-9-7-13(19)8-10-15)11-24-17(12)18(21)20-14-5-3-2-4-6-14/h7-11,14H,2-6H2,1H3,(H,20,21). The highest BCUT2D eigenvalue weighted by Gasteiger charge is 2.26. The number of amides is 1. The van der Waals surface area contributed by atoms with Gasteiger partial charge in [0, 0.05) is 16.4 Å². The van der Waals surface area contributed by atoms with E-state index in [4.69, 9.17) is 11.6 Å². The number of carbonyl (C=O) groups excluding carboxylic acids is 1. The first-order chi connectivity index (χ1) is 11.9. The van der Waals surface area contributed by atoms with Crippen molar-refractivity contribution in [1.82, 2.24) is 5.32 Å². The van der Waals surface area contributed by atoms with Gasteiger partial charge in [-0.25, -0.2) is 8.42 Å². The molecule has 0 radical (unpaired) electrons. The van der Waals surface area contributed by atoms with Gasteiger partial charge in [0.05, 0.1) is 14.7 Å². The van der Waals surface area contributed by atoms with Crippen LogP contribution in [0.3, 0.4) is 0 Å². The maximum absolute atomic E-state index is 12.8. The summed E-state index contributed by atoms with van der Waals surface area (Å²) >= 11 is 7.01. The van der Waals surface area contributed by atoms with E-state index in [1.807, 2.05) is 0 Å². The Hall–Kier alpha value is -1.37. The van der Waals surface area contributed by atoms with Crippen LogP contribution in [0.1, 0.15) is 47.3 Å². The molecule has 1 aliphatic rings. The number of rotatable bonds is 4. The average Bonchev–Trinajstić information content (AvgIpc) is 2.98. The van der Waals surface area contributed by atoms with Gasteiger partial charge < -0.3 is 5.32 Å². The molecule has 0 unspecified atom stereocenters. The molecular weight excluding hydrogens is 378 g/mol. The highest BCUT2D eigenvalue weighted by molar-refractivity contribution is 7.91. The first-order valence-corrected chi connectivity index (χ1v) is 11.0. The molecule has 25 heavy (non-hydrogen) atoms. The minimum atomic E-state index is -3.66. The van der Waals surface area contributed by atoms with Crippen LogP contribution in [-0.2, 0) is 9.84 Å². The second-order valence-corrected chi connectivity index (χ2v) is 9.55. The van der Waals surface area contributed by atoms with Crippen molar-refractivity contribution in [2.45, 2.75) is 54.9 Å². The number of benzene rings is 1. The molecule has 1 amide bonds. The van der Waals surface area contributed by atoms with Crippen LogP contribution in [0.5, 0.6) is 0 Å². The zero-order chi connectivity index (χ0) is 18.0. The molecule has 1 aliphatic carbocycles. The van der Waals surface area contributed by atoms with Crippen LogP contribution in [0.2, 0.25) is 5.02 Å². The number of thiophene rings is 1. The van der Waals surface area contributed by atoms with Crippen LogP contribution in [0, 0.1) is 6.92 Å². The van der Waals surface area contributed by atoms with Crippen LogP contribution >= 0.6 is 22.9 Å². The van der Waals surface area contributed by atoms with Crippen molar-refractivity contribution in [3.05, 3.63) is 45.1 Å². The Kier molecular flexibility index (Phi) is 5.51. The Morgan fingerprint density at radius 2 is 1.80 bits per heavy atom. The van der Waals surface area contributed by atoms with E-state index < -0.39 is 9.84 Å². The van der Waals surface area contributed by atoms with Gasteiger partial charge in [-0.3, -0.25) is 4.79 Å². The lowest BCUT2D eigenvalue weighted by Gasteiger charge is -2.22. The molecule has 1 heterocycles. The molecule has 2 aromatic rings. The number of nitrogens with one attached hydrogen (secondary N) is 1. The van der Waals surface area contributed by atoms with Crippen molar-refractivity contribution in [2.24, 2.45) is 0 Å². The zero-order valence-corrected chi connectivity index (χ0v) is 16.3. The van der Waals surface area contributed by atoms with Crippen LogP contribution in [0.25, 0.3) is 0 Å². The number of halogens is 1. The van der Waals surface area contributed by atoms with Crippen LogP contribution < -0.4 is 5.32 Å². The minimum Gasteiger partial charge on any atom is -0.349 e. The maximum Gasteiger partial charge on any atom is 0.261 e. The molecule has 134 valence electrons. The van der Waals surface area contributed by atoms with E-state index >= 15 is 0 Å². The molecule has 1 N–H and O–H groups in total. The lowest BCUT2D eigenvalue weighted by atomic mass is 9.95. The van der Waals surface area contributed by atoms with Gasteiger partial charge in [0.15, 0.2) is 0 Å². The number of carbonyl (C=O) groups is 1. The molecule has 0 spiro atoms. The number of hydrogen-bond acceptors (Lipinski definition) is 4. The molecule has 7 heteroatoms. The quantitative estimate of drug-likeness (QED) is 0.819. The average molecular weight is 398 g/mol. The third kappa shape index (κ3) is 3.91. The fraction of sp³-hybridized carbons (Fsp3) is 0.389. The van der Waals surface area contributed by atoms with Gasteiger partial charge in [-0.2, -0.15) is 0 Å². The predicted octanol–water partition coefficient (Wildman–Crippen LogP) is 4.61. The summed E-state index contributed by atoms with van der Waals surface area (Å²) in [6.07, 6.45) is 5.46. The van der Waals surface area contributed by atoms with E-state index in [-0.39, 0.29) is 21.7 Å². The summed E-state index contributed by atoms with van der Waals surface area (Å²) in [6, 6.07) is 6.26. The number of hydrogen-bond donors (Lipinski definition) is 1. The van der Waals surface area contributed by atoms with Gasteiger partial charge in [0.25, 0.3) is 5.91 Å². The molecule has 1 aromatic carbocycles. The van der Waals surface area contributed by atoms with E-state index in [0.29, 0.717) is 15.5 Å². The molecule has 0 aliphatic heterocycles. The second kappa shape index (κ2) is 7.48. The van der Waals surface area contributed by atoms with Crippen molar-refractivity contribution in [1.29, 1.82) is 0 Å². The summed E-state index contributed by atoms with van der Waals surface area (Å²) in [6.45, 7) is 1.69. The predicted molar refractivity (Wildman–Crippen MR) is 100 cm³/mol. The van der Waals surface area contributed by atoms with E-state index in [2.05, 4.69) is 5.32 Å². The van der Waals surface area contributed by atoms with E-state index in [1.54, 1.807) is 24.4 Å². The minimum absolute atomic E-state index is 0.174. The van der Waals surface area contributed by atoms with E-state index in [1.165, 1.54) is 29.9 Å². The van der Waals surface area contributed by atoms with Gasteiger partial charge in [0.1, 0.15) is 0 Å². The molecule has 1 aromatic heterocycles. The Bertz CT molecular complexity index is 866. The molecule has 1 fully saturated rings. The fourth-order valence-corrected chi connectivity index (χ4v) is 6.08. The molecule has 0 atom stereocenters. The second-order valence-electron chi connectivity index (χ2n) is 6.32. The van der Waals surface area contributed by atoms with Crippen LogP contribution in [0.4, 0.5) is 0 Å². The summed E-state index contributed by atoms with van der Waals surface area (Å²) in [5.74, 6) is -0.174. The van der Waals surface area contributed by atoms with Crippen molar-refractivity contribution in [3.8, 4) is 0 Å². The first-order valence-electron chi connectivity index (χ1n) is 8.29. The monoisotopic (exact) mass is 397 g/mol. The summed E-state index contributed by atoms with van der Waals surface area (Å²) in [7, 11) is -3.66. The summed E-state index contributed by atoms with van der Waals surface area (Å²) in [5.41, 5.74) is 0.508. The van der Waals surface area contributed by atoms with E-state index in [0.717, 1.165) is 25.7 Å². The maximum atomic E-state index is 12.8. The van der Waals surface area contributed by atoms with Gasteiger partial charge in [-0.1, -0.05) is 30.9 Å². The van der Waals surface area contributed by atoms with Crippen LogP contribution in [-0.4, -0.2) is 20.4 Å². The lowest BCUT2D eigenvalue weighted by molar-refractivity contribution is 0.0931. The summed E-state index contributed by atoms with van der Waals surface area (Å²) in [5, 5.41) is 5.08. The van der Waals surface area contributed by atoms with Crippen molar-refractivity contribution < 1.29 is 13.2 Å². The zero-order valence-electron chi connectivity index (χ0n) is 13.9. The van der Waals surface area contributed by atoms with E-state index in [9.17, 15) is 13.2 Å². The third-order valence-corrected chi connectivity index (χ3v) is 7.93. The van der Waals surface area contributed by atoms with Gasteiger partial charge in [0.2, 0.25) is 9.84 Å². The van der Waals surface area contributed by atoms with Crippen LogP contribution in [0.15, 0.2) is 39.4 Å². The normalized spacial score (nSPS) is 15.9. The molecule has 1 saturated carbocycles. The smallest absolute Gasteiger partial charge is 0.261 e. The number of sulfone groups is 1. The SMILES string of the molecule is Cc1c(S(=O)(=O)c2ccc(Cl)cc2)csc1C(=O)NC1CCCCC1. The summed E-state index contributed by atoms with van der Waals surface area (Å²) in [4.78, 5) is 13.4. The third-order valence-electron chi connectivity index (χ3n) is 4.55. The molecule has 4 nitrogen and oxygen atoms in total. The molecule has 3 rings (SSSR count). The fourth-order valence-electron chi connectivity index (χ4n) is 3.13. The topological polar surface area (TPSA) is 63.2 Å². The van der Waals surface area contributed by atoms with Crippen molar-refractivity contribution in [3.63, 3.8) is 0 Å². The van der Waals surface area contributed by atoms with Gasteiger partial charge in [-0.05, 0) is 49.6 Å². The summed E-state index contributed by atoms with van der Waals surface area (Å²) < 4.78 is 25.6. The Morgan fingerprint density at radius 3 is 2.44 bits per heavy atom. The van der Waals surface area contributed by atoms with Gasteiger partial charge >= 0.3 is 0 Å². The molecule has 0 bridgehead atoms. The highest BCUT2D eigenvalue weighted by Crippen LogP contribution is 2.31. The largest absolute Gasteiger partial charge is 0.349 e. The molecular formula is C18H20ClNO3S2. The van der Waals surface area contributed by atoms with Crippen molar-refractivity contribution in [2.75, 3.05) is 0 Å². The highest BCUT2D eigenvalue weighted by atomic mass is 35.5. The Labute approximate surface area is 157 Å².